The summed E-state index contributed by atoms with van der Waals surface area (Å²) in [7, 11) is 0. The quantitative estimate of drug-likeness (QED) is 0.336. The number of aromatic nitrogens is 4. The van der Waals surface area contributed by atoms with Crippen LogP contribution in [0.25, 0.3) is 11.2 Å². The Bertz CT molecular complexity index is 1090. The van der Waals surface area contributed by atoms with Crippen LogP contribution in [0.4, 0.5) is 5.82 Å². The molecule has 0 bridgehead atoms. The summed E-state index contributed by atoms with van der Waals surface area (Å²) in [6.45, 7) is 7.49. The molecule has 0 amide bonds. The van der Waals surface area contributed by atoms with E-state index < -0.39 is 35.9 Å². The fourth-order valence-corrected chi connectivity index (χ4v) is 4.45. The molecule has 2 aliphatic rings. The van der Waals surface area contributed by atoms with Crippen molar-refractivity contribution in [2.45, 2.75) is 83.9 Å². The van der Waals surface area contributed by atoms with Gasteiger partial charge < -0.3 is 30.5 Å². The molecule has 3 radical (unpaired) electrons. The van der Waals surface area contributed by atoms with E-state index in [-0.39, 0.29) is 157 Å². The number of anilines is 1. The molecule has 8 atom stereocenters. The standard InChI is InChI=1S/C14H17N5O2.C9H14O3.CH4.3Ac/c1-4-14(5-2)8(3)10(20)13(21-14)19-7-18-9-11(15)16-6-17-12(9)19;1-4-9(5-2)6(3)7(10)8(11)12-9;;;;/h1,6-8,10,13,20H,5H2,2-3H3,(H2,15,16,17);1,6-8,10-11H,5H2,2-3H3;1H4;;;/t8?,10?,13-,14-;6?,7?,8?,9-;;;;/m11..../s1. The Labute approximate surface area is 326 Å². The number of hydrogen-bond acceptors (Lipinski definition) is 9. The van der Waals surface area contributed by atoms with Crippen molar-refractivity contribution in [3.05, 3.63) is 12.7 Å². The number of rotatable bonds is 3. The van der Waals surface area contributed by atoms with Crippen LogP contribution in [0, 0.1) is 169 Å². The van der Waals surface area contributed by atoms with Gasteiger partial charge in [-0.1, -0.05) is 47.0 Å². The Balaban J connectivity index is 0. The topological polar surface area (TPSA) is 149 Å². The molecule has 5 N–H and O–H groups in total. The summed E-state index contributed by atoms with van der Waals surface area (Å²) in [5.41, 5.74) is 5.19. The van der Waals surface area contributed by atoms with Crippen molar-refractivity contribution in [1.29, 1.82) is 0 Å². The van der Waals surface area contributed by atoms with Gasteiger partial charge in [0.25, 0.3) is 0 Å². The Kier molecular flexibility index (Phi) is 18.6. The molecule has 4 heterocycles. The molecule has 5 unspecified atom stereocenters. The second-order valence-electron chi connectivity index (χ2n) is 8.43. The summed E-state index contributed by atoms with van der Waals surface area (Å²) in [5.74, 6) is 5.05. The number of imidazole rings is 1. The molecule has 2 aromatic heterocycles. The summed E-state index contributed by atoms with van der Waals surface area (Å²) in [5, 5.41) is 29.1. The maximum atomic E-state index is 10.5. The zero-order chi connectivity index (χ0) is 24.6. The van der Waals surface area contributed by atoms with Gasteiger partial charge in [0.2, 0.25) is 0 Å². The van der Waals surface area contributed by atoms with Crippen molar-refractivity contribution in [2.24, 2.45) is 11.8 Å². The monoisotopic (exact) mass is 1150 g/mol. The average molecular weight is 1150 g/mol. The van der Waals surface area contributed by atoms with Gasteiger partial charge in [0.15, 0.2) is 24.0 Å². The molecule has 13 heteroatoms. The Morgan fingerprint density at radius 1 is 0.946 bits per heavy atom. The van der Waals surface area contributed by atoms with E-state index in [1.165, 1.54) is 6.33 Å². The third-order valence-electron chi connectivity index (χ3n) is 6.94. The van der Waals surface area contributed by atoms with Crippen LogP contribution < -0.4 is 5.73 Å². The summed E-state index contributed by atoms with van der Waals surface area (Å²) >= 11 is 0. The van der Waals surface area contributed by atoms with E-state index >= 15 is 0 Å². The summed E-state index contributed by atoms with van der Waals surface area (Å²) < 4.78 is 12.8. The predicted octanol–water partition coefficient (Wildman–Crippen LogP) is 1.47. The summed E-state index contributed by atoms with van der Waals surface area (Å²) in [6, 6.07) is 0. The van der Waals surface area contributed by atoms with E-state index in [2.05, 4.69) is 26.8 Å². The molecule has 0 saturated carbocycles. The molecule has 10 nitrogen and oxygen atoms in total. The Hall–Kier alpha value is 1.59. The van der Waals surface area contributed by atoms with Crippen LogP contribution in [0.2, 0.25) is 0 Å². The first-order chi connectivity index (χ1) is 15.6. The van der Waals surface area contributed by atoms with Gasteiger partial charge in [-0.3, -0.25) is 4.57 Å². The first-order valence-electron chi connectivity index (χ1n) is 10.9. The molecule has 0 aromatic carbocycles. The van der Waals surface area contributed by atoms with Crippen molar-refractivity contribution < 1.29 is 157 Å². The fourth-order valence-electron chi connectivity index (χ4n) is 4.45. The molecular formula is C24H35Ac3N5O5. The maximum absolute atomic E-state index is 10.5. The molecular weight excluding hydrogens is 1120 g/mol. The first kappa shape index (κ1) is 40.7. The SMILES string of the molecule is C.C#C[C@]1(CC)OC(O)C(O)C1C.C#C[C@]1(CC)O[C@@H](n2cnc3c(N)ncnc32)C(O)C1C.[Ac].[Ac].[Ac]. The Morgan fingerprint density at radius 3 is 1.86 bits per heavy atom. The number of nitrogens with two attached hydrogens (primary N) is 1. The number of hydrogen-bond donors (Lipinski definition) is 4. The number of fused-ring (bicyclic) bond motifs is 1. The predicted molar refractivity (Wildman–Crippen MR) is 128 cm³/mol. The Morgan fingerprint density at radius 2 is 1.46 bits per heavy atom. The van der Waals surface area contributed by atoms with E-state index in [0.29, 0.717) is 24.0 Å². The molecule has 2 aromatic rings. The minimum atomic E-state index is -1.14. The van der Waals surface area contributed by atoms with Gasteiger partial charge in [-0.2, -0.15) is 0 Å². The molecule has 0 spiro atoms. The van der Waals surface area contributed by atoms with Gasteiger partial charge >= 0.3 is 0 Å². The van der Waals surface area contributed by atoms with Gasteiger partial charge in [0.05, 0.1) is 6.33 Å². The van der Waals surface area contributed by atoms with E-state index in [1.54, 1.807) is 17.8 Å². The van der Waals surface area contributed by atoms with E-state index in [1.807, 2.05) is 20.8 Å². The molecule has 0 aliphatic carbocycles. The van der Waals surface area contributed by atoms with Crippen LogP contribution in [0.15, 0.2) is 12.7 Å². The molecule has 195 valence electrons. The number of aliphatic hydroxyl groups excluding tert-OH is 3. The minimum Gasteiger partial charge on any atom is -0.388 e. The molecule has 37 heavy (non-hydrogen) atoms. The van der Waals surface area contributed by atoms with Gasteiger partial charge in [0, 0.05) is 144 Å². The molecule has 2 fully saturated rings. The van der Waals surface area contributed by atoms with Crippen molar-refractivity contribution in [2.75, 3.05) is 5.73 Å². The van der Waals surface area contributed by atoms with Gasteiger partial charge in [-0.15, -0.1) is 12.8 Å². The van der Waals surface area contributed by atoms with Gasteiger partial charge in [-0.25, -0.2) is 15.0 Å². The van der Waals surface area contributed by atoms with Crippen LogP contribution in [0.3, 0.4) is 0 Å². The van der Waals surface area contributed by atoms with Crippen molar-refractivity contribution in [3.63, 3.8) is 0 Å². The van der Waals surface area contributed by atoms with Crippen LogP contribution in [0.5, 0.6) is 0 Å². The van der Waals surface area contributed by atoms with Crippen LogP contribution >= 0.6 is 0 Å². The van der Waals surface area contributed by atoms with E-state index in [9.17, 15) is 15.3 Å². The van der Waals surface area contributed by atoms with Gasteiger partial charge in [-0.05, 0) is 12.8 Å². The molecule has 2 aliphatic heterocycles. The van der Waals surface area contributed by atoms with Crippen molar-refractivity contribution in [3.8, 4) is 24.7 Å². The largest absolute Gasteiger partial charge is 0.388 e. The second-order valence-corrected chi connectivity index (χ2v) is 8.43. The minimum absolute atomic E-state index is 0. The molecule has 2 saturated heterocycles. The van der Waals surface area contributed by atoms with Crippen LogP contribution in [0.1, 0.15) is 54.2 Å². The number of ether oxygens (including phenoxy) is 2. The van der Waals surface area contributed by atoms with E-state index in [0.717, 1.165) is 0 Å². The summed E-state index contributed by atoms with van der Waals surface area (Å²) in [4.78, 5) is 12.3. The smallest absolute Gasteiger partial charge is 0.183 e. The zero-order valence-electron chi connectivity index (χ0n) is 20.9. The number of aliphatic hydroxyl groups is 3. The van der Waals surface area contributed by atoms with Gasteiger partial charge in [0.1, 0.15) is 35.3 Å². The van der Waals surface area contributed by atoms with Crippen molar-refractivity contribution in [1.82, 2.24) is 19.5 Å². The molecule has 4 rings (SSSR count). The van der Waals surface area contributed by atoms with Crippen LogP contribution in [-0.2, 0) is 9.47 Å². The normalized spacial score (nSPS) is 33.8. The van der Waals surface area contributed by atoms with Crippen LogP contribution in [-0.4, -0.2) is 64.5 Å². The maximum Gasteiger partial charge on any atom is 0.183 e. The third-order valence-corrected chi connectivity index (χ3v) is 6.94. The van der Waals surface area contributed by atoms with Crippen molar-refractivity contribution >= 4 is 17.0 Å². The average Bonchev–Trinajstić information content (AvgIpc) is 3.43. The number of nitrogen functional groups attached to an aromatic ring is 1. The first-order valence-corrected chi connectivity index (χ1v) is 10.9. The third kappa shape index (κ3) is 7.71. The van der Waals surface area contributed by atoms with E-state index in [4.69, 9.17) is 28.1 Å². The number of nitrogens with zero attached hydrogens (tertiary/aromatic N) is 4. The fraction of sp³-hybridized carbons (Fsp3) is 0.625. The second kappa shape index (κ2) is 16.9. The number of terminal acetylenes is 2. The zero-order valence-corrected chi connectivity index (χ0v) is 35.2. The summed E-state index contributed by atoms with van der Waals surface area (Å²) in [6.07, 6.45) is 11.6.